The van der Waals surface area contributed by atoms with Crippen LogP contribution in [0, 0.1) is 4.91 Å². The van der Waals surface area contributed by atoms with Crippen molar-refractivity contribution in [2.45, 2.75) is 4.90 Å². The zero-order valence-corrected chi connectivity index (χ0v) is 17.2. The first-order valence-corrected chi connectivity index (χ1v) is 10.7. The van der Waals surface area contributed by atoms with Crippen molar-refractivity contribution in [1.29, 1.82) is 0 Å². The second-order valence-corrected chi connectivity index (χ2v) is 8.30. The molecule has 0 saturated carbocycles. The molecule has 0 atom stereocenters. The molecule has 0 fully saturated rings. The van der Waals surface area contributed by atoms with Gasteiger partial charge in [0.25, 0.3) is 15.7 Å². The topological polar surface area (TPSA) is 153 Å². The van der Waals surface area contributed by atoms with E-state index in [0.29, 0.717) is 5.69 Å². The van der Waals surface area contributed by atoms with Crippen LogP contribution in [0.5, 0.6) is 0 Å². The average molecular weight is 451 g/mol. The van der Waals surface area contributed by atoms with E-state index in [9.17, 15) is 22.9 Å². The van der Waals surface area contributed by atoms with Crippen LogP contribution in [0.25, 0.3) is 0 Å². The Morgan fingerprint density at radius 3 is 1.84 bits per heavy atom. The number of ketones is 2. The summed E-state index contributed by atoms with van der Waals surface area (Å²) in [7, 11) is -4.37. The molecule has 0 aromatic heterocycles. The third-order valence-electron chi connectivity index (χ3n) is 4.69. The highest BCUT2D eigenvalue weighted by molar-refractivity contribution is 7.89. The fourth-order valence-electron chi connectivity index (χ4n) is 3.23. The third kappa shape index (κ3) is 4.04. The summed E-state index contributed by atoms with van der Waals surface area (Å²) in [4.78, 5) is 37.2. The second kappa shape index (κ2) is 8.92. The molecule has 1 aliphatic rings. The lowest BCUT2D eigenvalue weighted by atomic mass is 9.90. The number of sulfonamides is 1. The number of fused-ring (bicyclic) bond motifs is 1. The van der Waals surface area contributed by atoms with E-state index < -0.39 is 27.3 Å². The normalized spacial score (nSPS) is 13.1. The molecule has 3 aromatic carbocycles. The summed E-state index contributed by atoms with van der Waals surface area (Å²) in [6.45, 7) is 0. The fraction of sp³-hybridized carbons (Fsp3) is 0. The number of nitrogens with one attached hydrogen (secondary N) is 3. The number of benzene rings is 3. The summed E-state index contributed by atoms with van der Waals surface area (Å²) in [5.74, 6) is -1.20. The van der Waals surface area contributed by atoms with Crippen LogP contribution in [0.15, 0.2) is 95.2 Å². The van der Waals surface area contributed by atoms with Gasteiger partial charge < -0.3 is 10.8 Å². The zero-order chi connectivity index (χ0) is 22.0. The number of hydrogen-bond donors (Lipinski definition) is 3. The molecule has 1 aliphatic carbocycles. The van der Waals surface area contributed by atoms with Gasteiger partial charge in [0.05, 0.1) is 0 Å². The summed E-state index contributed by atoms with van der Waals surface area (Å²) in [5.41, 5.74) is -0.0756. The van der Waals surface area contributed by atoms with Gasteiger partial charge in [0.1, 0.15) is 11.4 Å². The number of para-hydroxylation sites is 2. The Kier molecular flexibility index (Phi) is 6.28. The number of allylic oxidation sites excluding steroid dienone is 2. The first-order valence-electron chi connectivity index (χ1n) is 9.17. The number of carbonyl (C=O) groups excluding carboxylic acids is 2. The zero-order valence-electron chi connectivity index (χ0n) is 16.4. The minimum absolute atomic E-state index is 0. The van der Waals surface area contributed by atoms with Gasteiger partial charge >= 0.3 is 0 Å². The average Bonchev–Trinajstić information content (AvgIpc) is 2.80. The molecular formula is C22H17N3O6S. The second-order valence-electron chi connectivity index (χ2n) is 6.65. The van der Waals surface area contributed by atoms with Gasteiger partial charge in [0, 0.05) is 33.0 Å². The van der Waals surface area contributed by atoms with Gasteiger partial charge in [0.2, 0.25) is 11.6 Å². The number of rotatable bonds is 6. The molecule has 0 bridgehead atoms. The fourth-order valence-corrected chi connectivity index (χ4v) is 4.46. The lowest BCUT2D eigenvalue weighted by Gasteiger charge is -2.22. The van der Waals surface area contributed by atoms with Crippen LogP contribution in [-0.2, 0) is 10.0 Å². The van der Waals surface area contributed by atoms with E-state index in [0.717, 1.165) is 0 Å². The Morgan fingerprint density at radius 1 is 0.688 bits per heavy atom. The summed E-state index contributed by atoms with van der Waals surface area (Å²) in [6, 6.07) is 20.2. The van der Waals surface area contributed by atoms with Crippen molar-refractivity contribution >= 4 is 33.0 Å². The van der Waals surface area contributed by atoms with E-state index in [1.807, 2.05) is 0 Å². The number of Topliss-reactive ketones (excluding diaryl/α,β-unsaturated/α-hetero) is 2. The van der Waals surface area contributed by atoms with Crippen molar-refractivity contribution in [3.8, 4) is 0 Å². The first kappa shape index (κ1) is 22.5. The molecule has 9 nitrogen and oxygen atoms in total. The SMILES string of the molecule is O=[NH+]c1ccccc1S(=O)(=O)NC1=C(Nc2ccccc2)C(=O)c2ccccc2C1=O.[OH-]. The highest BCUT2D eigenvalue weighted by Gasteiger charge is 2.36. The third-order valence-corrected chi connectivity index (χ3v) is 6.09. The molecule has 10 heteroatoms. The van der Waals surface area contributed by atoms with Crippen LogP contribution in [0.4, 0.5) is 11.4 Å². The molecule has 4 N–H and O–H groups in total. The molecular weight excluding hydrogens is 434 g/mol. The monoisotopic (exact) mass is 451 g/mol. The van der Waals surface area contributed by atoms with Gasteiger partial charge in [-0.05, 0) is 18.2 Å². The van der Waals surface area contributed by atoms with Crippen molar-refractivity contribution in [2.75, 3.05) is 5.32 Å². The van der Waals surface area contributed by atoms with Gasteiger partial charge in [-0.3, -0.25) is 14.3 Å². The minimum Gasteiger partial charge on any atom is -0.870 e. The van der Waals surface area contributed by atoms with Gasteiger partial charge in [-0.25, -0.2) is 8.42 Å². The van der Waals surface area contributed by atoms with Crippen molar-refractivity contribution < 1.29 is 28.7 Å². The summed E-state index contributed by atoms with van der Waals surface area (Å²) in [5, 5.41) is 4.43. The van der Waals surface area contributed by atoms with Crippen LogP contribution >= 0.6 is 0 Å². The predicted octanol–water partition coefficient (Wildman–Crippen LogP) is 1.67. The molecule has 0 spiro atoms. The predicted molar refractivity (Wildman–Crippen MR) is 115 cm³/mol. The van der Waals surface area contributed by atoms with Crippen molar-refractivity contribution in [1.82, 2.24) is 4.72 Å². The van der Waals surface area contributed by atoms with E-state index in [2.05, 4.69) is 10.0 Å². The highest BCUT2D eigenvalue weighted by atomic mass is 32.2. The lowest BCUT2D eigenvalue weighted by Crippen LogP contribution is -2.57. The van der Waals surface area contributed by atoms with Crippen LogP contribution in [-0.4, -0.2) is 25.5 Å². The molecule has 0 heterocycles. The molecule has 4 rings (SSSR count). The molecule has 0 radical (unpaired) electrons. The molecule has 0 saturated heterocycles. The van der Waals surface area contributed by atoms with E-state index in [1.165, 1.54) is 36.4 Å². The maximum Gasteiger partial charge on any atom is 0.273 e. The van der Waals surface area contributed by atoms with E-state index in [4.69, 9.17) is 0 Å². The van der Waals surface area contributed by atoms with Gasteiger partial charge in [0.15, 0.2) is 4.90 Å². The molecule has 0 amide bonds. The summed E-state index contributed by atoms with van der Waals surface area (Å²) < 4.78 is 28.3. The largest absolute Gasteiger partial charge is 0.870 e. The maximum atomic E-state index is 13.2. The number of nitroso groups, excluding NO2 is 1. The van der Waals surface area contributed by atoms with Crippen molar-refractivity contribution in [3.05, 3.63) is 106 Å². The Hall–Kier alpha value is -4.15. The minimum atomic E-state index is -4.37. The number of hydrogen-bond acceptors (Lipinski definition) is 7. The van der Waals surface area contributed by atoms with Gasteiger partial charge in [-0.2, -0.15) is 0 Å². The van der Waals surface area contributed by atoms with E-state index in [1.54, 1.807) is 47.6 Å². The first-order chi connectivity index (χ1) is 14.9. The van der Waals surface area contributed by atoms with Gasteiger partial charge in [-0.15, -0.1) is 0 Å². The Labute approximate surface area is 183 Å². The quantitative estimate of drug-likeness (QED) is 0.515. The van der Waals surface area contributed by atoms with Crippen LogP contribution in [0.3, 0.4) is 0 Å². The smallest absolute Gasteiger partial charge is 0.273 e. The summed E-state index contributed by atoms with van der Waals surface area (Å²) in [6.07, 6.45) is 0. The standard InChI is InChI=1S/C22H15N3O5S.H2O/c26-21-15-10-4-5-11-16(15)22(27)20(19(21)23-14-8-2-1-3-9-14)25-31(29,30)18-13-7-6-12-17(18)24-28;/h1-13,23,25H;1H2. The Bertz CT molecular complexity index is 1350. The summed E-state index contributed by atoms with van der Waals surface area (Å²) >= 11 is 0. The van der Waals surface area contributed by atoms with E-state index >= 15 is 0 Å². The molecule has 3 aromatic rings. The van der Waals surface area contributed by atoms with Crippen LogP contribution in [0.2, 0.25) is 0 Å². The molecule has 162 valence electrons. The Balaban J connectivity index is 0.00000289. The van der Waals surface area contributed by atoms with Crippen LogP contribution in [0.1, 0.15) is 20.7 Å². The molecule has 0 unspecified atom stereocenters. The molecule has 32 heavy (non-hydrogen) atoms. The van der Waals surface area contributed by atoms with Crippen molar-refractivity contribution in [2.24, 2.45) is 0 Å². The van der Waals surface area contributed by atoms with Crippen LogP contribution < -0.4 is 15.2 Å². The number of carbonyl (C=O) groups is 2. The van der Waals surface area contributed by atoms with Crippen molar-refractivity contribution in [3.63, 3.8) is 0 Å². The maximum absolute atomic E-state index is 13.2. The lowest BCUT2D eigenvalue weighted by molar-refractivity contribution is -0.382. The van der Waals surface area contributed by atoms with E-state index in [-0.39, 0.29) is 32.9 Å². The van der Waals surface area contributed by atoms with Gasteiger partial charge in [-0.1, -0.05) is 54.6 Å². The molecule has 0 aliphatic heterocycles. The highest BCUT2D eigenvalue weighted by Crippen LogP contribution is 2.28. The Morgan fingerprint density at radius 2 is 1.22 bits per heavy atom. The number of anilines is 1.